The van der Waals surface area contributed by atoms with Crippen LogP contribution in [0.5, 0.6) is 0 Å². The van der Waals surface area contributed by atoms with E-state index in [0.29, 0.717) is 31.9 Å². The van der Waals surface area contributed by atoms with Crippen molar-refractivity contribution in [2.75, 3.05) is 18.4 Å². The van der Waals surface area contributed by atoms with Crippen molar-refractivity contribution in [3.63, 3.8) is 0 Å². The quantitative estimate of drug-likeness (QED) is 0.768. The van der Waals surface area contributed by atoms with Gasteiger partial charge in [0, 0.05) is 25.7 Å². The number of β-amino-alcohol motifs (C(OH)–C–C–N with tert-alkyl or cyclic N) is 1. The molecule has 1 aromatic rings. The van der Waals surface area contributed by atoms with E-state index in [2.05, 4.69) is 10.4 Å². The fourth-order valence-corrected chi connectivity index (χ4v) is 1.81. The van der Waals surface area contributed by atoms with Gasteiger partial charge in [-0.15, -0.1) is 0 Å². The maximum absolute atomic E-state index is 11.8. The van der Waals surface area contributed by atoms with Gasteiger partial charge in [-0.2, -0.15) is 5.10 Å². The second-order valence-corrected chi connectivity index (χ2v) is 3.85. The Morgan fingerprint density at radius 1 is 1.75 bits per heavy atom. The van der Waals surface area contributed by atoms with Crippen molar-refractivity contribution in [2.45, 2.75) is 26.0 Å². The minimum Gasteiger partial charge on any atom is -0.391 e. The Morgan fingerprint density at radius 3 is 3.19 bits per heavy atom. The van der Waals surface area contributed by atoms with Crippen LogP contribution in [0.3, 0.4) is 0 Å². The highest BCUT2D eigenvalue weighted by Gasteiger charge is 2.24. The Labute approximate surface area is 93.9 Å². The first-order valence-electron chi connectivity index (χ1n) is 5.46. The molecule has 2 amide bonds. The molecule has 1 saturated heterocycles. The van der Waals surface area contributed by atoms with E-state index in [1.807, 2.05) is 6.92 Å². The number of hydrogen-bond donors (Lipinski definition) is 2. The number of hydrogen-bond acceptors (Lipinski definition) is 3. The number of aliphatic hydroxyl groups excluding tert-OH is 1. The van der Waals surface area contributed by atoms with Crippen LogP contribution < -0.4 is 5.32 Å². The van der Waals surface area contributed by atoms with Gasteiger partial charge in [0.25, 0.3) is 0 Å². The first-order chi connectivity index (χ1) is 7.70. The molecule has 1 aromatic heterocycles. The Balaban J connectivity index is 1.97. The van der Waals surface area contributed by atoms with E-state index in [9.17, 15) is 9.90 Å². The third-order valence-electron chi connectivity index (χ3n) is 2.70. The van der Waals surface area contributed by atoms with Gasteiger partial charge in [-0.3, -0.25) is 5.32 Å². The maximum atomic E-state index is 11.8. The summed E-state index contributed by atoms with van der Waals surface area (Å²) in [5, 5.41) is 16.2. The van der Waals surface area contributed by atoms with Crippen LogP contribution in [0.15, 0.2) is 12.3 Å². The van der Waals surface area contributed by atoms with Crippen molar-refractivity contribution < 1.29 is 9.90 Å². The summed E-state index contributed by atoms with van der Waals surface area (Å²) in [6.45, 7) is 3.69. The molecule has 2 rings (SSSR count). The third kappa shape index (κ3) is 2.16. The number of aromatic nitrogens is 2. The number of aliphatic hydroxyl groups is 1. The smallest absolute Gasteiger partial charge is 0.323 e. The number of anilines is 1. The molecule has 0 aliphatic carbocycles. The van der Waals surface area contributed by atoms with Crippen molar-refractivity contribution >= 4 is 11.8 Å². The molecule has 0 unspecified atom stereocenters. The number of carbonyl (C=O) groups is 1. The number of nitrogens with one attached hydrogen (secondary N) is 1. The molecule has 0 radical (unpaired) electrons. The molecule has 0 spiro atoms. The van der Waals surface area contributed by atoms with Gasteiger partial charge < -0.3 is 10.0 Å². The van der Waals surface area contributed by atoms with E-state index in [-0.39, 0.29) is 12.1 Å². The Kier molecular flexibility index (Phi) is 3.09. The predicted molar refractivity (Wildman–Crippen MR) is 59.1 cm³/mol. The van der Waals surface area contributed by atoms with E-state index in [1.165, 1.54) is 0 Å². The molecule has 6 heteroatoms. The summed E-state index contributed by atoms with van der Waals surface area (Å²) in [5.74, 6) is 0.689. The molecule has 0 saturated carbocycles. The number of aryl methyl sites for hydroxylation is 1. The molecule has 0 bridgehead atoms. The summed E-state index contributed by atoms with van der Waals surface area (Å²) in [5.41, 5.74) is 0. The van der Waals surface area contributed by atoms with Crippen molar-refractivity contribution in [1.82, 2.24) is 14.7 Å². The van der Waals surface area contributed by atoms with Crippen molar-refractivity contribution in [3.05, 3.63) is 12.3 Å². The average Bonchev–Trinajstić information content (AvgIpc) is 2.86. The third-order valence-corrected chi connectivity index (χ3v) is 2.70. The van der Waals surface area contributed by atoms with Crippen LogP contribution in [0.2, 0.25) is 0 Å². The molecule has 2 heterocycles. The second kappa shape index (κ2) is 4.52. The van der Waals surface area contributed by atoms with E-state index in [4.69, 9.17) is 0 Å². The van der Waals surface area contributed by atoms with Gasteiger partial charge in [0.2, 0.25) is 0 Å². The lowest BCUT2D eigenvalue weighted by atomic mass is 10.3. The first-order valence-corrected chi connectivity index (χ1v) is 5.46. The highest BCUT2D eigenvalue weighted by atomic mass is 16.3. The maximum Gasteiger partial charge on any atom is 0.323 e. The van der Waals surface area contributed by atoms with Gasteiger partial charge in [0.1, 0.15) is 5.82 Å². The van der Waals surface area contributed by atoms with E-state index in [0.717, 1.165) is 0 Å². The zero-order valence-electron chi connectivity index (χ0n) is 9.26. The zero-order chi connectivity index (χ0) is 11.5. The Bertz CT molecular complexity index is 377. The molecule has 1 aliphatic rings. The molecule has 16 heavy (non-hydrogen) atoms. The van der Waals surface area contributed by atoms with Crippen LogP contribution in [-0.2, 0) is 6.54 Å². The summed E-state index contributed by atoms with van der Waals surface area (Å²) in [7, 11) is 0. The number of urea groups is 1. The SMILES string of the molecule is CCn1nccc1NC(=O)N1CC[C@H](O)C1. The summed E-state index contributed by atoms with van der Waals surface area (Å²) in [6, 6.07) is 1.58. The van der Waals surface area contributed by atoms with Crippen LogP contribution in [0.25, 0.3) is 0 Å². The monoisotopic (exact) mass is 224 g/mol. The lowest BCUT2D eigenvalue weighted by Crippen LogP contribution is -2.34. The van der Waals surface area contributed by atoms with Crippen LogP contribution in [0.1, 0.15) is 13.3 Å². The van der Waals surface area contributed by atoms with Crippen molar-refractivity contribution in [3.8, 4) is 0 Å². The topological polar surface area (TPSA) is 70.4 Å². The molecular weight excluding hydrogens is 208 g/mol. The van der Waals surface area contributed by atoms with Gasteiger partial charge in [0.15, 0.2) is 0 Å². The summed E-state index contributed by atoms with van der Waals surface area (Å²) >= 11 is 0. The van der Waals surface area contributed by atoms with Crippen molar-refractivity contribution in [2.24, 2.45) is 0 Å². The second-order valence-electron chi connectivity index (χ2n) is 3.85. The molecule has 0 aromatic carbocycles. The molecule has 6 nitrogen and oxygen atoms in total. The van der Waals surface area contributed by atoms with Crippen LogP contribution in [0, 0.1) is 0 Å². The van der Waals surface area contributed by atoms with Gasteiger partial charge in [-0.25, -0.2) is 9.48 Å². The van der Waals surface area contributed by atoms with Gasteiger partial charge >= 0.3 is 6.03 Å². The van der Waals surface area contributed by atoms with Crippen molar-refractivity contribution in [1.29, 1.82) is 0 Å². The van der Waals surface area contributed by atoms with Gasteiger partial charge in [-0.05, 0) is 13.3 Å². The fraction of sp³-hybridized carbons (Fsp3) is 0.600. The predicted octanol–water partition coefficient (Wildman–Crippen LogP) is 0.502. The molecule has 1 aliphatic heterocycles. The minimum atomic E-state index is -0.387. The summed E-state index contributed by atoms with van der Waals surface area (Å²) in [4.78, 5) is 13.4. The summed E-state index contributed by atoms with van der Waals surface area (Å²) < 4.78 is 1.71. The molecule has 2 N–H and O–H groups in total. The number of nitrogens with zero attached hydrogens (tertiary/aromatic N) is 3. The number of carbonyl (C=O) groups excluding carboxylic acids is 1. The van der Waals surface area contributed by atoms with Crippen LogP contribution in [0.4, 0.5) is 10.6 Å². The van der Waals surface area contributed by atoms with E-state index < -0.39 is 0 Å². The normalized spacial score (nSPS) is 20.1. The zero-order valence-corrected chi connectivity index (χ0v) is 9.26. The number of amides is 2. The lowest BCUT2D eigenvalue weighted by Gasteiger charge is -2.16. The standard InChI is InChI=1S/C10H16N4O2/c1-2-14-9(3-5-11-14)12-10(16)13-6-4-8(15)7-13/h3,5,8,15H,2,4,6-7H2,1H3,(H,12,16)/t8-/m0/s1. The lowest BCUT2D eigenvalue weighted by molar-refractivity contribution is 0.176. The van der Waals surface area contributed by atoms with Gasteiger partial charge in [-0.1, -0.05) is 0 Å². The van der Waals surface area contributed by atoms with Crippen LogP contribution in [-0.4, -0.2) is 45.0 Å². The molecule has 1 fully saturated rings. The Morgan fingerprint density at radius 2 is 2.56 bits per heavy atom. The highest BCUT2D eigenvalue weighted by Crippen LogP contribution is 2.12. The van der Waals surface area contributed by atoms with Crippen LogP contribution >= 0.6 is 0 Å². The van der Waals surface area contributed by atoms with E-state index >= 15 is 0 Å². The molecule has 88 valence electrons. The van der Waals surface area contributed by atoms with E-state index in [1.54, 1.807) is 21.8 Å². The number of rotatable bonds is 2. The first kappa shape index (κ1) is 10.9. The highest BCUT2D eigenvalue weighted by molar-refractivity contribution is 5.88. The average molecular weight is 224 g/mol. The Hall–Kier alpha value is -1.56. The molecular formula is C10H16N4O2. The molecule has 1 atom stereocenters. The summed E-state index contributed by atoms with van der Waals surface area (Å²) in [6.07, 6.45) is 1.92. The van der Waals surface area contributed by atoms with Gasteiger partial charge in [0.05, 0.1) is 12.3 Å². The minimum absolute atomic E-state index is 0.174. The fourth-order valence-electron chi connectivity index (χ4n) is 1.81. The largest absolute Gasteiger partial charge is 0.391 e. The number of likely N-dealkylation sites (tertiary alicyclic amines) is 1.